The first-order valence-corrected chi connectivity index (χ1v) is 2.61. The summed E-state index contributed by atoms with van der Waals surface area (Å²) in [6.45, 7) is 1.07. The van der Waals surface area contributed by atoms with Gasteiger partial charge in [0.15, 0.2) is 0 Å². The molecule has 0 aliphatic rings. The van der Waals surface area contributed by atoms with Crippen LogP contribution in [-0.2, 0) is 0 Å². The molecule has 2 atom stereocenters. The molecule has 0 heterocycles. The maximum absolute atomic E-state index is 9.07. The Labute approximate surface area is 54.5 Å². The lowest BCUT2D eigenvalue weighted by molar-refractivity contribution is 0.0650. The van der Waals surface area contributed by atoms with Gasteiger partial charge in [-0.15, -0.1) is 6.42 Å². The molecule has 4 N–H and O–H groups in total. The Bertz CT molecular complexity index is 126. The van der Waals surface area contributed by atoms with Gasteiger partial charge >= 0.3 is 0 Å². The summed E-state index contributed by atoms with van der Waals surface area (Å²) in [6, 6.07) is -0.762. The van der Waals surface area contributed by atoms with E-state index < -0.39 is 11.6 Å². The van der Waals surface area contributed by atoms with Crippen LogP contribution in [0.1, 0.15) is 6.92 Å². The summed E-state index contributed by atoms with van der Waals surface area (Å²) in [4.78, 5) is 0. The van der Waals surface area contributed by atoms with E-state index in [2.05, 4.69) is 5.92 Å². The van der Waals surface area contributed by atoms with Gasteiger partial charge in [-0.2, -0.15) is 0 Å². The molecule has 0 aromatic heterocycles. The van der Waals surface area contributed by atoms with Crippen molar-refractivity contribution >= 4 is 0 Å². The highest BCUT2D eigenvalue weighted by Gasteiger charge is 2.24. The van der Waals surface area contributed by atoms with Crippen molar-refractivity contribution in [3.63, 3.8) is 0 Å². The normalized spacial score (nSPS) is 19.9. The molecule has 0 bridgehead atoms. The van der Waals surface area contributed by atoms with Crippen molar-refractivity contribution < 1.29 is 10.2 Å². The average molecular weight is 129 g/mol. The molecule has 0 amide bonds. The molecule has 0 fully saturated rings. The molecule has 0 unspecified atom stereocenters. The molecule has 0 saturated carbocycles. The van der Waals surface area contributed by atoms with Gasteiger partial charge in [-0.1, -0.05) is 5.92 Å². The number of nitrogens with two attached hydrogens (primary N) is 1. The van der Waals surface area contributed by atoms with E-state index in [1.54, 1.807) is 0 Å². The van der Waals surface area contributed by atoms with E-state index in [4.69, 9.17) is 22.4 Å². The van der Waals surface area contributed by atoms with Gasteiger partial charge in [0.2, 0.25) is 0 Å². The fourth-order valence-electron chi connectivity index (χ4n) is 0.285. The van der Waals surface area contributed by atoms with Gasteiger partial charge in [0, 0.05) is 0 Å². The first-order valence-electron chi connectivity index (χ1n) is 2.61. The third-order valence-electron chi connectivity index (χ3n) is 1.21. The smallest absolute Gasteiger partial charge is 0.139 e. The molecule has 9 heavy (non-hydrogen) atoms. The molecular weight excluding hydrogens is 118 g/mol. The number of aliphatic hydroxyl groups excluding tert-OH is 1. The standard InChI is InChI=1S/C6H11NO2/c1-3-6(2,9)5(7)4-8/h1,5,8-9H,4,7H2,2H3/t5-,6-/m1/s1. The van der Waals surface area contributed by atoms with E-state index in [0.29, 0.717) is 0 Å². The van der Waals surface area contributed by atoms with E-state index in [1.807, 2.05) is 0 Å². The maximum Gasteiger partial charge on any atom is 0.139 e. The van der Waals surface area contributed by atoms with Crippen LogP contribution in [0, 0.1) is 12.3 Å². The van der Waals surface area contributed by atoms with Crippen LogP contribution in [0.3, 0.4) is 0 Å². The molecule has 0 saturated heterocycles. The van der Waals surface area contributed by atoms with Crippen LogP contribution in [0.5, 0.6) is 0 Å². The second-order valence-corrected chi connectivity index (χ2v) is 2.08. The molecule has 0 aromatic carbocycles. The summed E-state index contributed by atoms with van der Waals surface area (Å²) in [5, 5.41) is 17.5. The third-order valence-corrected chi connectivity index (χ3v) is 1.21. The van der Waals surface area contributed by atoms with E-state index >= 15 is 0 Å². The van der Waals surface area contributed by atoms with Crippen LogP contribution in [-0.4, -0.2) is 28.5 Å². The predicted molar refractivity (Wildman–Crippen MR) is 34.5 cm³/mol. The number of hydrogen-bond acceptors (Lipinski definition) is 3. The molecule has 3 nitrogen and oxygen atoms in total. The second kappa shape index (κ2) is 2.83. The summed E-state index contributed by atoms with van der Waals surface area (Å²) in [7, 11) is 0. The zero-order valence-corrected chi connectivity index (χ0v) is 5.33. The molecular formula is C6H11NO2. The minimum Gasteiger partial charge on any atom is -0.395 e. The summed E-state index contributed by atoms with van der Waals surface area (Å²) in [5.41, 5.74) is 3.82. The van der Waals surface area contributed by atoms with Crippen molar-refractivity contribution in [1.29, 1.82) is 0 Å². The fraction of sp³-hybridized carbons (Fsp3) is 0.667. The monoisotopic (exact) mass is 129 g/mol. The molecule has 52 valence electrons. The summed E-state index contributed by atoms with van der Waals surface area (Å²) >= 11 is 0. The van der Waals surface area contributed by atoms with Crippen LogP contribution in [0.2, 0.25) is 0 Å². The van der Waals surface area contributed by atoms with E-state index in [0.717, 1.165) is 0 Å². The molecule has 0 aliphatic heterocycles. The molecule has 0 aromatic rings. The number of terminal acetylenes is 1. The summed E-state index contributed by atoms with van der Waals surface area (Å²) < 4.78 is 0. The quantitative estimate of drug-likeness (QED) is 0.405. The zero-order chi connectivity index (χ0) is 7.49. The van der Waals surface area contributed by atoms with Gasteiger partial charge in [-0.3, -0.25) is 0 Å². The van der Waals surface area contributed by atoms with Crippen LogP contribution >= 0.6 is 0 Å². The van der Waals surface area contributed by atoms with Gasteiger partial charge in [-0.05, 0) is 6.92 Å². The van der Waals surface area contributed by atoms with Crippen molar-refractivity contribution in [2.45, 2.75) is 18.6 Å². The van der Waals surface area contributed by atoms with E-state index in [9.17, 15) is 0 Å². The van der Waals surface area contributed by atoms with Crippen molar-refractivity contribution in [2.24, 2.45) is 5.73 Å². The van der Waals surface area contributed by atoms with Crippen LogP contribution in [0.25, 0.3) is 0 Å². The van der Waals surface area contributed by atoms with Gasteiger partial charge in [0.1, 0.15) is 5.60 Å². The number of rotatable bonds is 2. The van der Waals surface area contributed by atoms with Crippen LogP contribution in [0.15, 0.2) is 0 Å². The van der Waals surface area contributed by atoms with Crippen molar-refractivity contribution in [1.82, 2.24) is 0 Å². The van der Waals surface area contributed by atoms with E-state index in [1.165, 1.54) is 6.92 Å². The minimum absolute atomic E-state index is 0.308. The molecule has 0 rings (SSSR count). The van der Waals surface area contributed by atoms with Crippen molar-refractivity contribution in [3.05, 3.63) is 0 Å². The minimum atomic E-state index is -1.39. The lowest BCUT2D eigenvalue weighted by Crippen LogP contribution is -2.46. The maximum atomic E-state index is 9.07. The fourth-order valence-corrected chi connectivity index (χ4v) is 0.285. The number of hydrogen-bond donors (Lipinski definition) is 3. The highest BCUT2D eigenvalue weighted by atomic mass is 16.3. The summed E-state index contributed by atoms with van der Waals surface area (Å²) in [5.74, 6) is 2.06. The SMILES string of the molecule is C#C[C@@](C)(O)[C@H](N)CO. The Morgan fingerprint density at radius 3 is 2.44 bits per heavy atom. The van der Waals surface area contributed by atoms with Crippen LogP contribution < -0.4 is 5.73 Å². The molecule has 0 aliphatic carbocycles. The predicted octanol–water partition coefficient (Wildman–Crippen LogP) is -1.31. The van der Waals surface area contributed by atoms with Gasteiger partial charge in [-0.25, -0.2) is 0 Å². The topological polar surface area (TPSA) is 66.5 Å². The third kappa shape index (κ3) is 2.02. The second-order valence-electron chi connectivity index (χ2n) is 2.08. The first-order chi connectivity index (χ1) is 4.04. The lowest BCUT2D eigenvalue weighted by Gasteiger charge is -2.21. The Morgan fingerprint density at radius 2 is 2.33 bits per heavy atom. The zero-order valence-electron chi connectivity index (χ0n) is 5.33. The Morgan fingerprint density at radius 1 is 1.89 bits per heavy atom. The highest BCUT2D eigenvalue weighted by Crippen LogP contribution is 2.03. The Hall–Kier alpha value is -0.560. The van der Waals surface area contributed by atoms with E-state index in [-0.39, 0.29) is 6.61 Å². The molecule has 3 heteroatoms. The van der Waals surface area contributed by atoms with Gasteiger partial charge < -0.3 is 15.9 Å². The Balaban J connectivity index is 4.01. The number of aliphatic hydroxyl groups is 2. The van der Waals surface area contributed by atoms with Crippen molar-refractivity contribution in [3.8, 4) is 12.3 Å². The molecule has 0 spiro atoms. The van der Waals surface area contributed by atoms with Crippen LogP contribution in [0.4, 0.5) is 0 Å². The van der Waals surface area contributed by atoms with Crippen molar-refractivity contribution in [2.75, 3.05) is 6.61 Å². The first kappa shape index (κ1) is 8.44. The lowest BCUT2D eigenvalue weighted by atomic mass is 10.00. The van der Waals surface area contributed by atoms with Gasteiger partial charge in [0.05, 0.1) is 12.6 Å². The highest BCUT2D eigenvalue weighted by molar-refractivity contribution is 5.09. The van der Waals surface area contributed by atoms with Gasteiger partial charge in [0.25, 0.3) is 0 Å². The summed E-state index contributed by atoms with van der Waals surface area (Å²) in [6.07, 6.45) is 4.89. The average Bonchev–Trinajstić information content (AvgIpc) is 1.86. The Kier molecular flexibility index (Phi) is 2.65. The molecule has 0 radical (unpaired) electrons. The largest absolute Gasteiger partial charge is 0.395 e.